The standard InChI is InChI=1S/C21H27NO4S2/c1-3-5-13-25-17-9-6-8-16(14-17)15-18-20(24)22(21(27)28-18)11-7-10-19(23)26-12-4-2/h6,8-9,14-15H,3-5,7,10-13H2,1-2H3/b18-15+. The largest absolute Gasteiger partial charge is 0.494 e. The Hall–Kier alpha value is -1.86. The van der Waals surface area contributed by atoms with E-state index < -0.39 is 0 Å². The number of amides is 1. The van der Waals surface area contributed by atoms with Gasteiger partial charge in [-0.25, -0.2) is 0 Å². The number of rotatable bonds is 11. The van der Waals surface area contributed by atoms with Gasteiger partial charge < -0.3 is 9.47 Å². The lowest BCUT2D eigenvalue weighted by Crippen LogP contribution is -2.29. The second kappa shape index (κ2) is 11.9. The van der Waals surface area contributed by atoms with Crippen LogP contribution in [-0.4, -0.2) is 40.9 Å². The zero-order chi connectivity index (χ0) is 20.4. The first-order valence-corrected chi connectivity index (χ1v) is 10.9. The van der Waals surface area contributed by atoms with Crippen molar-refractivity contribution >= 4 is 46.3 Å². The van der Waals surface area contributed by atoms with Crippen LogP contribution in [0, 0.1) is 0 Å². The van der Waals surface area contributed by atoms with Gasteiger partial charge >= 0.3 is 5.97 Å². The van der Waals surface area contributed by atoms with Crippen molar-refractivity contribution in [2.75, 3.05) is 19.8 Å². The molecule has 0 aliphatic carbocycles. The number of unbranched alkanes of at least 4 members (excludes halogenated alkanes) is 1. The smallest absolute Gasteiger partial charge is 0.305 e. The minimum atomic E-state index is -0.234. The molecule has 0 radical (unpaired) electrons. The molecule has 1 saturated heterocycles. The summed E-state index contributed by atoms with van der Waals surface area (Å²) in [4.78, 5) is 26.4. The average molecular weight is 422 g/mol. The van der Waals surface area contributed by atoms with Gasteiger partial charge in [0, 0.05) is 13.0 Å². The average Bonchev–Trinajstić information content (AvgIpc) is 2.94. The maximum atomic E-state index is 12.7. The molecule has 0 bridgehead atoms. The first-order valence-electron chi connectivity index (χ1n) is 9.69. The quantitative estimate of drug-likeness (QED) is 0.221. The molecular weight excluding hydrogens is 394 g/mol. The van der Waals surface area contributed by atoms with E-state index in [-0.39, 0.29) is 18.3 Å². The van der Waals surface area contributed by atoms with Crippen molar-refractivity contribution in [3.05, 3.63) is 34.7 Å². The van der Waals surface area contributed by atoms with E-state index in [0.29, 0.717) is 35.4 Å². The number of esters is 1. The molecule has 0 N–H and O–H groups in total. The molecule has 1 aliphatic rings. The van der Waals surface area contributed by atoms with Gasteiger partial charge in [0.2, 0.25) is 0 Å². The molecule has 0 spiro atoms. The van der Waals surface area contributed by atoms with E-state index in [1.165, 1.54) is 11.8 Å². The van der Waals surface area contributed by atoms with E-state index in [4.69, 9.17) is 21.7 Å². The predicted molar refractivity (Wildman–Crippen MR) is 117 cm³/mol. The maximum absolute atomic E-state index is 12.7. The van der Waals surface area contributed by atoms with E-state index in [9.17, 15) is 9.59 Å². The molecule has 0 atom stereocenters. The fourth-order valence-electron chi connectivity index (χ4n) is 2.54. The molecule has 0 aromatic heterocycles. The number of ether oxygens (including phenoxy) is 2. The van der Waals surface area contributed by atoms with Gasteiger partial charge in [-0.3, -0.25) is 14.5 Å². The van der Waals surface area contributed by atoms with Gasteiger partial charge in [0.15, 0.2) is 0 Å². The van der Waals surface area contributed by atoms with E-state index in [1.807, 2.05) is 37.3 Å². The highest BCUT2D eigenvalue weighted by Crippen LogP contribution is 2.33. The summed E-state index contributed by atoms with van der Waals surface area (Å²) in [5, 5.41) is 0. The number of carbonyl (C=O) groups is 2. The molecule has 1 aromatic carbocycles. The van der Waals surface area contributed by atoms with Crippen molar-refractivity contribution in [3.8, 4) is 5.75 Å². The van der Waals surface area contributed by atoms with Crippen LogP contribution in [0.15, 0.2) is 29.2 Å². The predicted octanol–water partition coefficient (Wildman–Crippen LogP) is 4.80. The summed E-state index contributed by atoms with van der Waals surface area (Å²) in [6, 6.07) is 7.68. The third-order valence-corrected chi connectivity index (χ3v) is 5.40. The SMILES string of the molecule is CCCCOc1cccc(/C=C2/SC(=S)N(CCCC(=O)OCCC)C2=O)c1. The summed E-state index contributed by atoms with van der Waals surface area (Å²) >= 11 is 6.63. The Bertz CT molecular complexity index is 733. The van der Waals surface area contributed by atoms with Crippen LogP contribution in [0.1, 0.15) is 51.5 Å². The van der Waals surface area contributed by atoms with E-state index in [1.54, 1.807) is 4.90 Å². The van der Waals surface area contributed by atoms with Crippen molar-refractivity contribution in [2.24, 2.45) is 0 Å². The van der Waals surface area contributed by atoms with Crippen LogP contribution in [0.25, 0.3) is 6.08 Å². The molecule has 7 heteroatoms. The Morgan fingerprint density at radius 2 is 2.04 bits per heavy atom. The van der Waals surface area contributed by atoms with Crippen molar-refractivity contribution in [1.82, 2.24) is 4.90 Å². The lowest BCUT2D eigenvalue weighted by Gasteiger charge is -2.13. The summed E-state index contributed by atoms with van der Waals surface area (Å²) in [6.07, 6.45) is 5.54. The van der Waals surface area contributed by atoms with Crippen molar-refractivity contribution in [3.63, 3.8) is 0 Å². The van der Waals surface area contributed by atoms with Gasteiger partial charge in [-0.15, -0.1) is 0 Å². The third kappa shape index (κ3) is 6.95. The Labute approximate surface area is 176 Å². The summed E-state index contributed by atoms with van der Waals surface area (Å²) in [5.41, 5.74) is 0.901. The minimum Gasteiger partial charge on any atom is -0.494 e. The molecule has 1 aromatic rings. The zero-order valence-corrected chi connectivity index (χ0v) is 18.1. The Balaban J connectivity index is 1.93. The zero-order valence-electron chi connectivity index (χ0n) is 16.4. The van der Waals surface area contributed by atoms with Gasteiger partial charge in [-0.2, -0.15) is 0 Å². The fraction of sp³-hybridized carbons (Fsp3) is 0.476. The summed E-state index contributed by atoms with van der Waals surface area (Å²) in [7, 11) is 0. The van der Waals surface area contributed by atoms with Gasteiger partial charge in [0.1, 0.15) is 10.1 Å². The molecule has 152 valence electrons. The molecule has 1 amide bonds. The van der Waals surface area contributed by atoms with Crippen LogP contribution in [-0.2, 0) is 14.3 Å². The fourth-order valence-corrected chi connectivity index (χ4v) is 3.85. The maximum Gasteiger partial charge on any atom is 0.305 e. The van der Waals surface area contributed by atoms with Crippen molar-refractivity contribution in [1.29, 1.82) is 0 Å². The van der Waals surface area contributed by atoms with Gasteiger partial charge in [0.25, 0.3) is 5.91 Å². The van der Waals surface area contributed by atoms with E-state index in [0.717, 1.165) is 30.6 Å². The first kappa shape index (κ1) is 22.4. The number of hydrogen-bond donors (Lipinski definition) is 0. The van der Waals surface area contributed by atoms with Crippen LogP contribution >= 0.6 is 24.0 Å². The lowest BCUT2D eigenvalue weighted by atomic mass is 10.2. The molecule has 1 aliphatic heterocycles. The Kier molecular flexibility index (Phi) is 9.50. The molecule has 2 rings (SSSR count). The van der Waals surface area contributed by atoms with Crippen LogP contribution in [0.2, 0.25) is 0 Å². The summed E-state index contributed by atoms with van der Waals surface area (Å²) in [6.45, 7) is 5.61. The number of benzene rings is 1. The van der Waals surface area contributed by atoms with Gasteiger partial charge in [-0.1, -0.05) is 56.4 Å². The van der Waals surface area contributed by atoms with Crippen LogP contribution in [0.5, 0.6) is 5.75 Å². The monoisotopic (exact) mass is 421 g/mol. The number of nitrogens with zero attached hydrogens (tertiary/aromatic N) is 1. The number of thioether (sulfide) groups is 1. The van der Waals surface area contributed by atoms with Crippen LogP contribution in [0.4, 0.5) is 0 Å². The van der Waals surface area contributed by atoms with Crippen LogP contribution in [0.3, 0.4) is 0 Å². The first-order chi connectivity index (χ1) is 13.5. The van der Waals surface area contributed by atoms with Gasteiger partial charge in [-0.05, 0) is 43.0 Å². The Morgan fingerprint density at radius 1 is 1.21 bits per heavy atom. The van der Waals surface area contributed by atoms with Crippen LogP contribution < -0.4 is 4.74 Å². The minimum absolute atomic E-state index is 0.116. The van der Waals surface area contributed by atoms with E-state index >= 15 is 0 Å². The van der Waals surface area contributed by atoms with Crippen molar-refractivity contribution < 1.29 is 19.1 Å². The number of hydrogen-bond acceptors (Lipinski definition) is 6. The normalized spacial score (nSPS) is 15.4. The Morgan fingerprint density at radius 3 is 2.79 bits per heavy atom. The van der Waals surface area contributed by atoms with Crippen molar-refractivity contribution in [2.45, 2.75) is 46.0 Å². The third-order valence-electron chi connectivity index (χ3n) is 4.03. The lowest BCUT2D eigenvalue weighted by molar-refractivity contribution is -0.144. The highest BCUT2D eigenvalue weighted by atomic mass is 32.2. The number of carbonyl (C=O) groups excluding carboxylic acids is 2. The molecule has 1 heterocycles. The number of thiocarbonyl (C=S) groups is 1. The topological polar surface area (TPSA) is 55.8 Å². The molecule has 5 nitrogen and oxygen atoms in total. The van der Waals surface area contributed by atoms with E-state index in [2.05, 4.69) is 6.92 Å². The molecule has 1 fully saturated rings. The highest BCUT2D eigenvalue weighted by molar-refractivity contribution is 8.26. The molecular formula is C21H27NO4S2. The second-order valence-electron chi connectivity index (χ2n) is 6.43. The molecule has 28 heavy (non-hydrogen) atoms. The second-order valence-corrected chi connectivity index (χ2v) is 8.11. The van der Waals surface area contributed by atoms with Gasteiger partial charge in [0.05, 0.1) is 18.1 Å². The molecule has 0 saturated carbocycles. The summed E-state index contributed by atoms with van der Waals surface area (Å²) < 4.78 is 11.3. The summed E-state index contributed by atoms with van der Waals surface area (Å²) in [5.74, 6) is 0.445. The molecule has 0 unspecified atom stereocenters. The highest BCUT2D eigenvalue weighted by Gasteiger charge is 2.31.